The quantitative estimate of drug-likeness (QED) is 0.621. The minimum atomic E-state index is -0.593. The first-order valence-corrected chi connectivity index (χ1v) is 6.13. The third-order valence-corrected chi connectivity index (χ3v) is 3.19. The van der Waals surface area contributed by atoms with Gasteiger partial charge >= 0.3 is 0 Å². The van der Waals surface area contributed by atoms with Crippen LogP contribution in [0.25, 0.3) is 0 Å². The maximum Gasteiger partial charge on any atom is 0.199 e. The number of methoxy groups -OCH3 is 1. The van der Waals surface area contributed by atoms with Crippen LogP contribution in [0.4, 0.5) is 4.39 Å². The van der Waals surface area contributed by atoms with Gasteiger partial charge in [-0.1, -0.05) is 6.92 Å². The largest absolute Gasteiger partial charge is 0.497 e. The van der Waals surface area contributed by atoms with Crippen LogP contribution < -0.4 is 4.74 Å². The first-order valence-electron chi connectivity index (χ1n) is 6.13. The predicted octanol–water partition coefficient (Wildman–Crippen LogP) is 3.10. The molecule has 2 rings (SSSR count). The molecule has 0 N–H and O–H groups in total. The summed E-state index contributed by atoms with van der Waals surface area (Å²) in [6.07, 6.45) is 0.383. The van der Waals surface area contributed by atoms with Crippen molar-refractivity contribution < 1.29 is 18.7 Å². The van der Waals surface area contributed by atoms with Crippen LogP contribution in [0, 0.1) is 5.92 Å². The van der Waals surface area contributed by atoms with Gasteiger partial charge in [-0.25, -0.2) is 4.39 Å². The number of hydrogen-bond acceptors (Lipinski definition) is 3. The van der Waals surface area contributed by atoms with Gasteiger partial charge in [0.25, 0.3) is 0 Å². The normalized spacial score (nSPS) is 19.5. The lowest BCUT2D eigenvalue weighted by molar-refractivity contribution is -0.116. The fourth-order valence-electron chi connectivity index (χ4n) is 2.19. The first-order chi connectivity index (χ1) is 9.02. The van der Waals surface area contributed by atoms with Gasteiger partial charge in [-0.2, -0.15) is 0 Å². The van der Waals surface area contributed by atoms with Crippen molar-refractivity contribution in [3.63, 3.8) is 0 Å². The molecule has 1 aromatic carbocycles. The Balaban J connectivity index is 2.32. The van der Waals surface area contributed by atoms with Crippen molar-refractivity contribution in [2.45, 2.75) is 19.8 Å². The molecule has 0 radical (unpaired) electrons. The third kappa shape index (κ3) is 2.72. The Labute approximate surface area is 111 Å². The van der Waals surface area contributed by atoms with Crippen LogP contribution in [0.15, 0.2) is 35.7 Å². The molecule has 0 amide bonds. The molecule has 0 saturated heterocycles. The number of ketones is 2. The van der Waals surface area contributed by atoms with Crippen molar-refractivity contribution in [1.29, 1.82) is 0 Å². The molecule has 1 aliphatic rings. The van der Waals surface area contributed by atoms with Crippen molar-refractivity contribution in [1.82, 2.24) is 0 Å². The number of ether oxygens (including phenoxy) is 1. The van der Waals surface area contributed by atoms with Gasteiger partial charge in [-0.3, -0.25) is 9.59 Å². The van der Waals surface area contributed by atoms with Gasteiger partial charge in [0.1, 0.15) is 11.6 Å². The van der Waals surface area contributed by atoms with Gasteiger partial charge in [-0.15, -0.1) is 0 Å². The van der Waals surface area contributed by atoms with Crippen molar-refractivity contribution >= 4 is 11.6 Å². The fraction of sp³-hybridized carbons (Fsp3) is 0.333. The molecule has 0 aliphatic heterocycles. The van der Waals surface area contributed by atoms with Gasteiger partial charge in [0.05, 0.1) is 12.7 Å². The molecule has 1 aromatic rings. The van der Waals surface area contributed by atoms with Crippen LogP contribution >= 0.6 is 0 Å². The molecule has 0 heterocycles. The Bertz CT molecular complexity index is 543. The first kappa shape index (κ1) is 13.5. The second-order valence-corrected chi connectivity index (χ2v) is 4.77. The lowest BCUT2D eigenvalue weighted by Crippen LogP contribution is -2.22. The molecule has 1 atom stereocenters. The van der Waals surface area contributed by atoms with E-state index in [9.17, 15) is 14.0 Å². The van der Waals surface area contributed by atoms with Gasteiger partial charge < -0.3 is 4.74 Å². The highest BCUT2D eigenvalue weighted by atomic mass is 19.1. The summed E-state index contributed by atoms with van der Waals surface area (Å²) in [5.41, 5.74) is 0.0112. The zero-order valence-corrected chi connectivity index (χ0v) is 10.9. The standard InChI is InChI=1S/C15H15FO3/c1-9-7-12(16)14(13(17)8-9)15(18)10-3-5-11(19-2)6-4-10/h3-6,9H,7-8H2,1-2H3. The second-order valence-electron chi connectivity index (χ2n) is 4.77. The van der Waals surface area contributed by atoms with Crippen molar-refractivity contribution in [3.05, 3.63) is 41.2 Å². The molecule has 3 nitrogen and oxygen atoms in total. The maximum atomic E-state index is 13.8. The summed E-state index contributed by atoms with van der Waals surface area (Å²) < 4.78 is 18.8. The molecule has 0 spiro atoms. The zero-order valence-electron chi connectivity index (χ0n) is 10.9. The SMILES string of the molecule is COc1ccc(C(=O)C2=C(F)CC(C)CC2=O)cc1. The Morgan fingerprint density at radius 2 is 1.89 bits per heavy atom. The zero-order chi connectivity index (χ0) is 14.0. The van der Waals surface area contributed by atoms with Crippen molar-refractivity contribution in [2.75, 3.05) is 7.11 Å². The van der Waals surface area contributed by atoms with Gasteiger partial charge in [0, 0.05) is 18.4 Å². The summed E-state index contributed by atoms with van der Waals surface area (Å²) in [4.78, 5) is 24.0. The number of benzene rings is 1. The van der Waals surface area contributed by atoms with Crippen molar-refractivity contribution in [2.24, 2.45) is 5.92 Å². The van der Waals surface area contributed by atoms with E-state index in [1.165, 1.54) is 19.2 Å². The van der Waals surface area contributed by atoms with Crippen LogP contribution in [0.3, 0.4) is 0 Å². The molecule has 19 heavy (non-hydrogen) atoms. The Hall–Kier alpha value is -1.97. The van der Waals surface area contributed by atoms with E-state index in [0.717, 1.165) is 0 Å². The highest BCUT2D eigenvalue weighted by Gasteiger charge is 2.30. The molecule has 1 unspecified atom stereocenters. The molecular formula is C15H15FO3. The molecule has 0 aromatic heterocycles. The van der Waals surface area contributed by atoms with E-state index < -0.39 is 17.4 Å². The number of allylic oxidation sites excluding steroid dienone is 2. The number of carbonyl (C=O) groups is 2. The smallest absolute Gasteiger partial charge is 0.199 e. The monoisotopic (exact) mass is 262 g/mol. The second kappa shape index (κ2) is 5.34. The highest BCUT2D eigenvalue weighted by molar-refractivity contribution is 6.27. The summed E-state index contributed by atoms with van der Waals surface area (Å²) in [7, 11) is 1.52. The Morgan fingerprint density at radius 1 is 1.26 bits per heavy atom. The van der Waals surface area contributed by atoms with Gasteiger partial charge in [0.15, 0.2) is 11.6 Å². The molecular weight excluding hydrogens is 247 g/mol. The average molecular weight is 262 g/mol. The highest BCUT2D eigenvalue weighted by Crippen LogP contribution is 2.29. The van der Waals surface area contributed by atoms with Crippen molar-refractivity contribution in [3.8, 4) is 5.75 Å². The fourth-order valence-corrected chi connectivity index (χ4v) is 2.19. The van der Waals surface area contributed by atoms with E-state index in [4.69, 9.17) is 4.74 Å². The summed E-state index contributed by atoms with van der Waals surface area (Å²) in [6.45, 7) is 1.80. The number of halogens is 1. The average Bonchev–Trinajstić information content (AvgIpc) is 2.37. The van der Waals surface area contributed by atoms with Crippen LogP contribution in [0.5, 0.6) is 5.75 Å². The third-order valence-electron chi connectivity index (χ3n) is 3.19. The number of Topliss-reactive ketones (excluding diaryl/α,β-unsaturated/α-hetero) is 2. The van der Waals surface area contributed by atoms with Crippen LogP contribution in [-0.4, -0.2) is 18.7 Å². The van der Waals surface area contributed by atoms with E-state index in [0.29, 0.717) is 11.3 Å². The van der Waals surface area contributed by atoms with Crippen LogP contribution in [0.2, 0.25) is 0 Å². The van der Waals surface area contributed by atoms with E-state index in [1.54, 1.807) is 19.1 Å². The van der Waals surface area contributed by atoms with Gasteiger partial charge in [-0.05, 0) is 30.2 Å². The lowest BCUT2D eigenvalue weighted by atomic mass is 9.85. The number of hydrogen-bond donors (Lipinski definition) is 0. The Kier molecular flexibility index (Phi) is 3.79. The predicted molar refractivity (Wildman–Crippen MR) is 68.9 cm³/mol. The topological polar surface area (TPSA) is 43.4 Å². The lowest BCUT2D eigenvalue weighted by Gasteiger charge is -2.18. The summed E-state index contributed by atoms with van der Waals surface area (Å²) in [5, 5.41) is 0. The van der Waals surface area contributed by atoms with E-state index >= 15 is 0 Å². The molecule has 100 valence electrons. The molecule has 4 heteroatoms. The van der Waals surface area contributed by atoms with E-state index in [1.807, 2.05) is 0 Å². The minimum Gasteiger partial charge on any atom is -0.497 e. The maximum absolute atomic E-state index is 13.8. The van der Waals surface area contributed by atoms with Crippen LogP contribution in [0.1, 0.15) is 30.1 Å². The summed E-state index contributed by atoms with van der Waals surface area (Å²) in [6, 6.07) is 6.29. The molecule has 0 saturated carbocycles. The number of rotatable bonds is 3. The molecule has 0 fully saturated rings. The Morgan fingerprint density at radius 3 is 2.42 bits per heavy atom. The number of carbonyl (C=O) groups excluding carboxylic acids is 2. The molecule has 1 aliphatic carbocycles. The van der Waals surface area contributed by atoms with Gasteiger partial charge in [0.2, 0.25) is 0 Å². The minimum absolute atomic E-state index is 0.0417. The van der Waals surface area contributed by atoms with Crippen LogP contribution in [-0.2, 0) is 4.79 Å². The van der Waals surface area contributed by atoms with E-state index in [-0.39, 0.29) is 24.3 Å². The summed E-state index contributed by atoms with van der Waals surface area (Å²) >= 11 is 0. The molecule has 0 bridgehead atoms. The summed E-state index contributed by atoms with van der Waals surface area (Å²) in [5.74, 6) is -0.979. The van der Waals surface area contributed by atoms with E-state index in [2.05, 4.69) is 0 Å².